The first-order valence-electron chi connectivity index (χ1n) is 17.3. The minimum Gasteiger partial charge on any atom is -0.481 e. The van der Waals surface area contributed by atoms with E-state index in [1.165, 1.54) is 0 Å². The molecule has 19 nitrogen and oxygen atoms in total. The summed E-state index contributed by atoms with van der Waals surface area (Å²) in [5.41, 5.74) is 3.34. The van der Waals surface area contributed by atoms with Gasteiger partial charge in [-0.2, -0.15) is 0 Å². The van der Waals surface area contributed by atoms with E-state index >= 15 is 0 Å². The second-order valence-corrected chi connectivity index (χ2v) is 12.7. The number of rotatable bonds is 20. The van der Waals surface area contributed by atoms with Crippen LogP contribution in [0.3, 0.4) is 0 Å². The number of hydrogen-bond donors (Lipinski definition) is 7. The third-order valence-electron chi connectivity index (χ3n) is 8.32. The van der Waals surface area contributed by atoms with E-state index in [4.69, 9.17) is 14.2 Å². The number of carboxylic acids is 2. The van der Waals surface area contributed by atoms with Crippen molar-refractivity contribution in [3.8, 4) is 0 Å². The molecule has 298 valence electrons. The van der Waals surface area contributed by atoms with Crippen LogP contribution in [-0.4, -0.2) is 111 Å². The maximum absolute atomic E-state index is 13.5. The summed E-state index contributed by atoms with van der Waals surface area (Å²) in [5.74, 6) is -8.77. The number of ether oxygens (including phenoxy) is 3. The minimum atomic E-state index is -1.89. The van der Waals surface area contributed by atoms with Crippen molar-refractivity contribution in [1.82, 2.24) is 26.4 Å². The molecule has 2 aromatic carbocycles. The number of carboxylic acid groups (broad SMARTS) is 2. The standard InChI is InChI=1S/C36H45N5O14/c1-4-20(2)27(39-36(52)54-19-23-13-9-6-10-14-23)32(48)37-24(15-16-25(43)44)31(47)38-28(21(3)42)33(49)40-41(17-26(45)46)34(50)29-30(55-29)35(51)53-18-22-11-7-5-8-12-22/h5-14,20-21,24,27-30,42H,4,15-19H2,1-3H3,(H,37,48)(H,38,47)(H,39,52)(H,40,49)(H,43,44)(H,45,46)/t20-,21+,24-,27-,28-,29-,30-/m0/s1. The molecule has 0 unspecified atom stereocenters. The van der Waals surface area contributed by atoms with Crippen molar-refractivity contribution >= 4 is 47.6 Å². The van der Waals surface area contributed by atoms with E-state index in [-0.39, 0.29) is 13.2 Å². The average molecular weight is 772 g/mol. The highest BCUT2D eigenvalue weighted by Gasteiger charge is 2.54. The predicted octanol–water partition coefficient (Wildman–Crippen LogP) is -0.00210. The molecular weight excluding hydrogens is 726 g/mol. The molecule has 5 amide bonds. The fourth-order valence-corrected chi connectivity index (χ4v) is 5.01. The van der Waals surface area contributed by atoms with Gasteiger partial charge in [0.15, 0.2) is 12.2 Å². The number of aliphatic hydroxyl groups is 1. The molecule has 1 fully saturated rings. The lowest BCUT2D eigenvalue weighted by Gasteiger charge is -2.29. The molecule has 19 heteroatoms. The normalized spacial score (nSPS) is 17.1. The van der Waals surface area contributed by atoms with Crippen LogP contribution in [0.1, 0.15) is 51.2 Å². The number of benzene rings is 2. The third kappa shape index (κ3) is 14.0. The smallest absolute Gasteiger partial charge is 0.408 e. The van der Waals surface area contributed by atoms with Crippen LogP contribution < -0.4 is 21.4 Å². The van der Waals surface area contributed by atoms with Crippen LogP contribution in [-0.2, 0) is 61.0 Å². The largest absolute Gasteiger partial charge is 0.481 e. The van der Waals surface area contributed by atoms with E-state index in [1.807, 2.05) is 5.43 Å². The molecule has 1 heterocycles. The molecule has 0 bridgehead atoms. The Morgan fingerprint density at radius 3 is 1.85 bits per heavy atom. The molecule has 0 aromatic heterocycles. The Balaban J connectivity index is 1.68. The Morgan fingerprint density at radius 2 is 1.33 bits per heavy atom. The van der Waals surface area contributed by atoms with Crippen LogP contribution in [0, 0.1) is 5.92 Å². The predicted molar refractivity (Wildman–Crippen MR) is 188 cm³/mol. The van der Waals surface area contributed by atoms with E-state index in [1.54, 1.807) is 74.5 Å². The molecule has 55 heavy (non-hydrogen) atoms. The first-order valence-corrected chi connectivity index (χ1v) is 17.3. The number of nitrogens with zero attached hydrogens (tertiary/aromatic N) is 1. The zero-order chi connectivity index (χ0) is 40.7. The second-order valence-electron chi connectivity index (χ2n) is 12.7. The molecule has 0 saturated carbocycles. The molecular formula is C36H45N5O14. The van der Waals surface area contributed by atoms with E-state index in [2.05, 4.69) is 16.0 Å². The maximum atomic E-state index is 13.5. The number of carbonyl (C=O) groups excluding carboxylic acids is 6. The summed E-state index contributed by atoms with van der Waals surface area (Å²) in [6, 6.07) is 12.6. The van der Waals surface area contributed by atoms with Gasteiger partial charge in [0.25, 0.3) is 11.8 Å². The van der Waals surface area contributed by atoms with Crippen molar-refractivity contribution in [2.45, 2.75) is 89.7 Å². The molecule has 0 radical (unpaired) electrons. The summed E-state index contributed by atoms with van der Waals surface area (Å²) >= 11 is 0. The fraction of sp³-hybridized carbons (Fsp3) is 0.444. The van der Waals surface area contributed by atoms with Gasteiger partial charge in [-0.05, 0) is 30.4 Å². The Kier molecular flexibility index (Phi) is 16.5. The lowest BCUT2D eigenvalue weighted by molar-refractivity contribution is -0.152. The summed E-state index contributed by atoms with van der Waals surface area (Å²) in [4.78, 5) is 101. The van der Waals surface area contributed by atoms with Gasteiger partial charge in [0, 0.05) is 6.42 Å². The highest BCUT2D eigenvalue weighted by molar-refractivity contribution is 5.97. The molecule has 1 saturated heterocycles. The number of aliphatic hydroxyl groups excluding tert-OH is 1. The van der Waals surface area contributed by atoms with Gasteiger partial charge in [-0.3, -0.25) is 34.2 Å². The number of epoxide rings is 1. The zero-order valence-corrected chi connectivity index (χ0v) is 30.3. The number of amides is 5. The van der Waals surface area contributed by atoms with E-state index in [0.717, 1.165) is 6.92 Å². The second kappa shape index (κ2) is 21.0. The fourth-order valence-electron chi connectivity index (χ4n) is 5.01. The molecule has 1 aliphatic heterocycles. The lowest BCUT2D eigenvalue weighted by Crippen LogP contribution is -2.62. The number of hydrazine groups is 1. The van der Waals surface area contributed by atoms with E-state index in [0.29, 0.717) is 22.6 Å². The monoisotopic (exact) mass is 771 g/mol. The number of nitrogens with one attached hydrogen (secondary N) is 4. The number of carbonyl (C=O) groups is 8. The van der Waals surface area contributed by atoms with Gasteiger partial charge in [0.2, 0.25) is 11.8 Å². The number of esters is 1. The highest BCUT2D eigenvalue weighted by Crippen LogP contribution is 2.26. The van der Waals surface area contributed by atoms with Crippen molar-refractivity contribution in [1.29, 1.82) is 0 Å². The van der Waals surface area contributed by atoms with Gasteiger partial charge in [0.1, 0.15) is 37.9 Å². The van der Waals surface area contributed by atoms with Gasteiger partial charge in [-0.1, -0.05) is 80.9 Å². The maximum Gasteiger partial charge on any atom is 0.408 e. The van der Waals surface area contributed by atoms with Crippen molar-refractivity contribution in [2.75, 3.05) is 6.54 Å². The summed E-state index contributed by atoms with van der Waals surface area (Å²) < 4.78 is 15.5. The van der Waals surface area contributed by atoms with Gasteiger partial charge in [-0.25, -0.2) is 14.6 Å². The first-order chi connectivity index (χ1) is 26.1. The van der Waals surface area contributed by atoms with E-state index < -0.39 is 109 Å². The Morgan fingerprint density at radius 1 is 0.745 bits per heavy atom. The zero-order valence-electron chi connectivity index (χ0n) is 30.3. The van der Waals surface area contributed by atoms with Crippen LogP contribution >= 0.6 is 0 Å². The van der Waals surface area contributed by atoms with Crippen molar-refractivity contribution in [3.63, 3.8) is 0 Å². The van der Waals surface area contributed by atoms with Gasteiger partial charge in [0.05, 0.1) is 6.10 Å². The van der Waals surface area contributed by atoms with Gasteiger partial charge >= 0.3 is 24.0 Å². The molecule has 0 aliphatic carbocycles. The molecule has 0 spiro atoms. The van der Waals surface area contributed by atoms with Crippen LogP contribution in [0.5, 0.6) is 0 Å². The minimum absolute atomic E-state index is 0.0982. The topological polar surface area (TPSA) is 280 Å². The van der Waals surface area contributed by atoms with Crippen molar-refractivity contribution in [2.24, 2.45) is 5.92 Å². The number of hydrogen-bond acceptors (Lipinski definition) is 12. The quantitative estimate of drug-likeness (QED) is 0.0530. The average Bonchev–Trinajstić information content (AvgIpc) is 3.96. The summed E-state index contributed by atoms with van der Waals surface area (Å²) in [7, 11) is 0. The first kappa shape index (κ1) is 43.3. The molecule has 7 N–H and O–H groups in total. The Bertz CT molecular complexity index is 1680. The third-order valence-corrected chi connectivity index (χ3v) is 8.32. The molecule has 1 aliphatic rings. The molecule has 3 rings (SSSR count). The van der Waals surface area contributed by atoms with Crippen LogP contribution in [0.2, 0.25) is 0 Å². The number of aliphatic carboxylic acids is 2. The number of alkyl carbamates (subject to hydrolysis) is 1. The molecule has 7 atom stereocenters. The van der Waals surface area contributed by atoms with Crippen LogP contribution in [0.15, 0.2) is 60.7 Å². The van der Waals surface area contributed by atoms with Gasteiger partial charge < -0.3 is 45.5 Å². The summed E-state index contributed by atoms with van der Waals surface area (Å²) in [6.07, 6.45) is -6.25. The van der Waals surface area contributed by atoms with Crippen molar-refractivity contribution in [3.05, 3.63) is 71.8 Å². The van der Waals surface area contributed by atoms with Crippen molar-refractivity contribution < 1.29 is 67.9 Å². The Hall–Kier alpha value is -6.08. The van der Waals surface area contributed by atoms with Gasteiger partial charge in [-0.15, -0.1) is 0 Å². The van der Waals surface area contributed by atoms with Crippen LogP contribution in [0.4, 0.5) is 4.79 Å². The highest BCUT2D eigenvalue weighted by atomic mass is 16.6. The summed E-state index contributed by atoms with van der Waals surface area (Å²) in [5, 5.41) is 36.5. The van der Waals surface area contributed by atoms with E-state index in [9.17, 15) is 53.7 Å². The Labute approximate surface area is 315 Å². The molecule has 2 aromatic rings. The SMILES string of the molecule is CC[C@H](C)[C@H](NC(=O)OCc1ccccc1)C(=O)N[C@@H](CCC(=O)O)C(=O)N[C@H](C(=O)NN(CC(=O)O)C(=O)[C@H]1O[C@@H]1C(=O)OCc1ccccc1)[C@@H](C)O. The summed E-state index contributed by atoms with van der Waals surface area (Å²) in [6.45, 7) is 3.13. The van der Waals surface area contributed by atoms with Crippen LogP contribution in [0.25, 0.3) is 0 Å². The lowest BCUT2D eigenvalue weighted by atomic mass is 9.97.